The molecule has 0 unspecified atom stereocenters. The normalized spacial score (nSPS) is 16.6. The molecule has 0 spiro atoms. The number of rotatable bonds is 3. The minimum atomic E-state index is -0.217. The highest BCUT2D eigenvalue weighted by molar-refractivity contribution is 7.14. The van der Waals surface area contributed by atoms with Gasteiger partial charge in [0.25, 0.3) is 0 Å². The molecule has 1 saturated heterocycles. The fourth-order valence-corrected chi connectivity index (χ4v) is 3.33. The van der Waals surface area contributed by atoms with E-state index in [2.05, 4.69) is 9.88 Å². The maximum atomic E-state index is 12.9. The second kappa shape index (κ2) is 5.89. The van der Waals surface area contributed by atoms with Gasteiger partial charge in [0.2, 0.25) is 0 Å². The van der Waals surface area contributed by atoms with Gasteiger partial charge < -0.3 is 9.64 Å². The van der Waals surface area contributed by atoms with E-state index in [1.807, 2.05) is 5.38 Å². The van der Waals surface area contributed by atoms with E-state index in [1.165, 1.54) is 12.1 Å². The lowest BCUT2D eigenvalue weighted by atomic mass is 10.1. The molecule has 106 valence electrons. The van der Waals surface area contributed by atoms with Crippen LogP contribution in [0.15, 0.2) is 29.6 Å². The highest BCUT2D eigenvalue weighted by Gasteiger charge is 2.21. The van der Waals surface area contributed by atoms with Gasteiger partial charge in [-0.3, -0.25) is 0 Å². The molecule has 1 aliphatic heterocycles. The van der Waals surface area contributed by atoms with E-state index in [1.54, 1.807) is 30.6 Å². The lowest BCUT2D eigenvalue weighted by molar-refractivity contribution is 0.0819. The zero-order valence-corrected chi connectivity index (χ0v) is 12.2. The molecule has 0 bridgehead atoms. The molecule has 2 aromatic rings. The van der Waals surface area contributed by atoms with Gasteiger partial charge in [-0.1, -0.05) is 0 Å². The van der Waals surface area contributed by atoms with Crippen LogP contribution in [-0.2, 0) is 4.74 Å². The third-order valence-electron chi connectivity index (χ3n) is 3.68. The van der Waals surface area contributed by atoms with E-state index in [4.69, 9.17) is 4.74 Å². The molecule has 3 rings (SSSR count). The third kappa shape index (κ3) is 2.83. The number of halogens is 1. The molecule has 0 atom stereocenters. The van der Waals surface area contributed by atoms with Crippen molar-refractivity contribution in [3.63, 3.8) is 0 Å². The van der Waals surface area contributed by atoms with Crippen molar-refractivity contribution in [3.05, 3.63) is 35.5 Å². The topological polar surface area (TPSA) is 25.4 Å². The van der Waals surface area contributed by atoms with Crippen LogP contribution in [0.25, 0.3) is 11.3 Å². The van der Waals surface area contributed by atoms with Gasteiger partial charge >= 0.3 is 0 Å². The van der Waals surface area contributed by atoms with Gasteiger partial charge in [0.15, 0.2) is 5.13 Å². The Labute approximate surface area is 122 Å². The van der Waals surface area contributed by atoms with E-state index in [-0.39, 0.29) is 5.82 Å². The van der Waals surface area contributed by atoms with E-state index in [0.717, 1.165) is 42.3 Å². The van der Waals surface area contributed by atoms with Crippen LogP contribution in [0.2, 0.25) is 0 Å². The average Bonchev–Trinajstić information content (AvgIpc) is 2.98. The molecule has 0 radical (unpaired) electrons. The van der Waals surface area contributed by atoms with Crippen LogP contribution in [0.5, 0.6) is 0 Å². The van der Waals surface area contributed by atoms with Crippen LogP contribution in [0, 0.1) is 5.82 Å². The van der Waals surface area contributed by atoms with Crippen molar-refractivity contribution >= 4 is 16.5 Å². The van der Waals surface area contributed by atoms with Gasteiger partial charge in [0.1, 0.15) is 5.82 Å². The van der Waals surface area contributed by atoms with Crippen molar-refractivity contribution in [2.45, 2.75) is 18.9 Å². The molecule has 3 nitrogen and oxygen atoms in total. The number of methoxy groups -OCH3 is 1. The van der Waals surface area contributed by atoms with Gasteiger partial charge in [-0.15, -0.1) is 11.3 Å². The summed E-state index contributed by atoms with van der Waals surface area (Å²) in [4.78, 5) is 6.96. The second-order valence-electron chi connectivity index (χ2n) is 4.94. The molecule has 0 amide bonds. The lowest BCUT2D eigenvalue weighted by Crippen LogP contribution is -2.36. The maximum Gasteiger partial charge on any atom is 0.185 e. The van der Waals surface area contributed by atoms with E-state index < -0.39 is 0 Å². The fraction of sp³-hybridized carbons (Fsp3) is 0.400. The average molecular weight is 292 g/mol. The van der Waals surface area contributed by atoms with E-state index in [9.17, 15) is 4.39 Å². The molecule has 1 aromatic heterocycles. The van der Waals surface area contributed by atoms with Crippen molar-refractivity contribution in [2.75, 3.05) is 25.1 Å². The number of thiazole rings is 1. The zero-order valence-electron chi connectivity index (χ0n) is 11.4. The Hall–Kier alpha value is -1.46. The first-order valence-electron chi connectivity index (χ1n) is 6.75. The second-order valence-corrected chi connectivity index (χ2v) is 5.78. The zero-order chi connectivity index (χ0) is 13.9. The van der Waals surface area contributed by atoms with Crippen molar-refractivity contribution in [3.8, 4) is 11.3 Å². The van der Waals surface area contributed by atoms with Gasteiger partial charge in [-0.2, -0.15) is 0 Å². The van der Waals surface area contributed by atoms with Crippen LogP contribution in [0.3, 0.4) is 0 Å². The number of anilines is 1. The van der Waals surface area contributed by atoms with Crippen LogP contribution in [0.1, 0.15) is 12.8 Å². The van der Waals surface area contributed by atoms with Gasteiger partial charge in [-0.25, -0.2) is 9.37 Å². The summed E-state index contributed by atoms with van der Waals surface area (Å²) >= 11 is 1.64. The van der Waals surface area contributed by atoms with Gasteiger partial charge in [0, 0.05) is 31.1 Å². The number of benzene rings is 1. The Morgan fingerprint density at radius 1 is 1.25 bits per heavy atom. The standard InChI is InChI=1S/C15H17FN2OS/c1-19-13-6-8-18(9-7-13)15-17-14(10-20-15)11-2-4-12(16)5-3-11/h2-5,10,13H,6-9H2,1H3. The summed E-state index contributed by atoms with van der Waals surface area (Å²) < 4.78 is 18.3. The summed E-state index contributed by atoms with van der Waals surface area (Å²) in [7, 11) is 1.77. The summed E-state index contributed by atoms with van der Waals surface area (Å²) in [6, 6.07) is 6.48. The van der Waals surface area contributed by atoms with Gasteiger partial charge in [-0.05, 0) is 37.1 Å². The fourth-order valence-electron chi connectivity index (χ4n) is 2.45. The Morgan fingerprint density at radius 2 is 1.95 bits per heavy atom. The number of nitrogens with zero attached hydrogens (tertiary/aromatic N) is 2. The van der Waals surface area contributed by atoms with Crippen LogP contribution >= 0.6 is 11.3 Å². The van der Waals surface area contributed by atoms with Gasteiger partial charge in [0.05, 0.1) is 11.8 Å². The summed E-state index contributed by atoms with van der Waals surface area (Å²) in [5.74, 6) is -0.217. The molecule has 20 heavy (non-hydrogen) atoms. The molecular weight excluding hydrogens is 275 g/mol. The Morgan fingerprint density at radius 3 is 2.60 bits per heavy atom. The largest absolute Gasteiger partial charge is 0.381 e. The highest BCUT2D eigenvalue weighted by atomic mass is 32.1. The van der Waals surface area contributed by atoms with Crippen molar-refractivity contribution in [1.29, 1.82) is 0 Å². The first-order valence-corrected chi connectivity index (χ1v) is 7.63. The number of aromatic nitrogens is 1. The molecule has 1 fully saturated rings. The molecule has 1 aromatic carbocycles. The monoisotopic (exact) mass is 292 g/mol. The maximum absolute atomic E-state index is 12.9. The van der Waals surface area contributed by atoms with Crippen LogP contribution in [-0.4, -0.2) is 31.3 Å². The first-order chi connectivity index (χ1) is 9.76. The van der Waals surface area contributed by atoms with Crippen LogP contribution in [0.4, 0.5) is 9.52 Å². The minimum Gasteiger partial charge on any atom is -0.381 e. The summed E-state index contributed by atoms with van der Waals surface area (Å²) in [5.41, 5.74) is 1.87. The Kier molecular flexibility index (Phi) is 3.98. The first kappa shape index (κ1) is 13.5. The molecular formula is C15H17FN2OS. The van der Waals surface area contributed by atoms with Crippen molar-refractivity contribution in [2.24, 2.45) is 0 Å². The van der Waals surface area contributed by atoms with E-state index >= 15 is 0 Å². The lowest BCUT2D eigenvalue weighted by Gasteiger charge is -2.30. The van der Waals surface area contributed by atoms with Crippen molar-refractivity contribution < 1.29 is 9.13 Å². The van der Waals surface area contributed by atoms with E-state index in [0.29, 0.717) is 6.10 Å². The molecule has 2 heterocycles. The smallest absolute Gasteiger partial charge is 0.185 e. The SMILES string of the molecule is COC1CCN(c2nc(-c3ccc(F)cc3)cs2)CC1. The highest BCUT2D eigenvalue weighted by Crippen LogP contribution is 2.29. The molecule has 0 N–H and O–H groups in total. The Balaban J connectivity index is 1.72. The third-order valence-corrected chi connectivity index (χ3v) is 4.58. The molecule has 5 heteroatoms. The summed E-state index contributed by atoms with van der Waals surface area (Å²) in [6.45, 7) is 1.96. The van der Waals surface area contributed by atoms with Crippen molar-refractivity contribution in [1.82, 2.24) is 4.98 Å². The number of hydrogen-bond acceptors (Lipinski definition) is 4. The predicted octanol–water partition coefficient (Wildman–Crippen LogP) is 3.56. The summed E-state index contributed by atoms with van der Waals surface area (Å²) in [5, 5.41) is 3.07. The number of hydrogen-bond donors (Lipinski definition) is 0. The summed E-state index contributed by atoms with van der Waals surface area (Å²) in [6.07, 6.45) is 2.46. The quantitative estimate of drug-likeness (QED) is 0.865. The minimum absolute atomic E-state index is 0.217. The number of piperidine rings is 1. The Bertz CT molecular complexity index is 562. The molecule has 0 aliphatic carbocycles. The van der Waals surface area contributed by atoms with Crippen LogP contribution < -0.4 is 4.90 Å². The number of ether oxygens (including phenoxy) is 1. The molecule has 1 aliphatic rings. The molecule has 0 saturated carbocycles. The predicted molar refractivity (Wildman–Crippen MR) is 79.8 cm³/mol.